The van der Waals surface area contributed by atoms with Gasteiger partial charge in [-0.1, -0.05) is 31.9 Å². The van der Waals surface area contributed by atoms with Crippen molar-refractivity contribution in [2.45, 2.75) is 45.1 Å². The molecule has 0 aliphatic rings. The maximum Gasteiger partial charge on any atom is 0.310 e. The van der Waals surface area contributed by atoms with Gasteiger partial charge in [-0.3, -0.25) is 9.59 Å². The van der Waals surface area contributed by atoms with Crippen LogP contribution in [-0.2, 0) is 9.59 Å². The Balaban J connectivity index is 4.08. The number of nitrogens with two attached hydrogens (primary N) is 1. The summed E-state index contributed by atoms with van der Waals surface area (Å²) in [5.74, 6) is -3.20. The first-order valence-electron chi connectivity index (χ1n) is 5.84. The molecule has 0 aliphatic carbocycles. The number of carbonyl (C=O) groups is 2. The highest BCUT2D eigenvalue weighted by Gasteiger charge is 2.17. The van der Waals surface area contributed by atoms with E-state index >= 15 is 0 Å². The third-order valence-corrected chi connectivity index (χ3v) is 2.45. The van der Waals surface area contributed by atoms with E-state index < -0.39 is 24.3 Å². The molecule has 0 aromatic heterocycles. The minimum absolute atomic E-state index is 0.0190. The summed E-state index contributed by atoms with van der Waals surface area (Å²) >= 11 is 0. The molecule has 0 heterocycles. The zero-order chi connectivity index (χ0) is 13.3. The summed E-state index contributed by atoms with van der Waals surface area (Å²) in [7, 11) is 0. The highest BCUT2D eigenvalue weighted by Crippen LogP contribution is 2.08. The molecule has 98 valence electrons. The average molecular weight is 243 g/mol. The van der Waals surface area contributed by atoms with Gasteiger partial charge in [0.25, 0.3) is 0 Å². The van der Waals surface area contributed by atoms with E-state index in [1.807, 2.05) is 0 Å². The van der Waals surface area contributed by atoms with Crippen LogP contribution in [0, 0.1) is 5.92 Å². The summed E-state index contributed by atoms with van der Waals surface area (Å²) in [5, 5.41) is 17.3. The molecule has 0 fully saturated rings. The molecular formula is C12H21NO4. The second-order valence-corrected chi connectivity index (χ2v) is 4.11. The summed E-state index contributed by atoms with van der Waals surface area (Å²) in [5.41, 5.74) is 5.81. The van der Waals surface area contributed by atoms with E-state index in [4.69, 9.17) is 15.9 Å². The van der Waals surface area contributed by atoms with Gasteiger partial charge in [-0.2, -0.15) is 0 Å². The number of carboxylic acids is 2. The molecule has 0 rings (SSSR count). The highest BCUT2D eigenvalue weighted by molar-refractivity contribution is 5.79. The van der Waals surface area contributed by atoms with E-state index in [9.17, 15) is 9.59 Å². The topological polar surface area (TPSA) is 101 Å². The van der Waals surface area contributed by atoms with Gasteiger partial charge in [0, 0.05) is 6.04 Å². The van der Waals surface area contributed by atoms with Crippen LogP contribution in [0.15, 0.2) is 12.2 Å². The van der Waals surface area contributed by atoms with Crippen LogP contribution in [0.4, 0.5) is 0 Å². The van der Waals surface area contributed by atoms with E-state index in [0.29, 0.717) is 6.42 Å². The molecule has 0 saturated carbocycles. The highest BCUT2D eigenvalue weighted by atomic mass is 16.4. The molecule has 4 N–H and O–H groups in total. The van der Waals surface area contributed by atoms with Crippen LogP contribution in [0.2, 0.25) is 0 Å². The van der Waals surface area contributed by atoms with E-state index in [1.54, 1.807) is 6.08 Å². The van der Waals surface area contributed by atoms with Gasteiger partial charge in [0.1, 0.15) is 0 Å². The van der Waals surface area contributed by atoms with Gasteiger partial charge in [-0.05, 0) is 12.8 Å². The van der Waals surface area contributed by atoms with E-state index in [2.05, 4.69) is 6.92 Å². The second-order valence-electron chi connectivity index (χ2n) is 4.11. The fraction of sp³-hybridized carbons (Fsp3) is 0.667. The molecule has 0 radical (unpaired) electrons. The molecule has 0 saturated heterocycles. The minimum Gasteiger partial charge on any atom is -0.481 e. The number of aliphatic carboxylic acids is 2. The van der Waals surface area contributed by atoms with Crippen molar-refractivity contribution in [3.63, 3.8) is 0 Å². The van der Waals surface area contributed by atoms with Crippen molar-refractivity contribution in [3.8, 4) is 0 Å². The molecule has 0 aliphatic heterocycles. The number of hydrogen-bond donors (Lipinski definition) is 3. The van der Waals surface area contributed by atoms with Crippen LogP contribution in [-0.4, -0.2) is 28.2 Å². The zero-order valence-corrected chi connectivity index (χ0v) is 10.1. The predicted octanol–water partition coefficient (Wildman–Crippen LogP) is 1.63. The first-order chi connectivity index (χ1) is 7.97. The molecule has 0 aromatic rings. The molecule has 0 spiro atoms. The smallest absolute Gasteiger partial charge is 0.310 e. The van der Waals surface area contributed by atoms with Crippen LogP contribution < -0.4 is 5.73 Å². The van der Waals surface area contributed by atoms with Gasteiger partial charge in [0.15, 0.2) is 0 Å². The summed E-state index contributed by atoms with van der Waals surface area (Å²) in [6.45, 7) is 2.08. The van der Waals surface area contributed by atoms with Crippen molar-refractivity contribution in [2.24, 2.45) is 11.7 Å². The largest absolute Gasteiger partial charge is 0.481 e. The lowest BCUT2D eigenvalue weighted by atomic mass is 10.0. The number of carboxylic acid groups (broad SMARTS) is 2. The Hall–Kier alpha value is -1.36. The van der Waals surface area contributed by atoms with Gasteiger partial charge in [0.2, 0.25) is 0 Å². The fourth-order valence-corrected chi connectivity index (χ4v) is 1.43. The van der Waals surface area contributed by atoms with Crippen molar-refractivity contribution < 1.29 is 19.8 Å². The van der Waals surface area contributed by atoms with E-state index in [1.165, 1.54) is 6.08 Å². The molecule has 5 heteroatoms. The average Bonchev–Trinajstić information content (AvgIpc) is 2.24. The van der Waals surface area contributed by atoms with Crippen molar-refractivity contribution in [3.05, 3.63) is 12.2 Å². The Labute approximate surface area is 101 Å². The van der Waals surface area contributed by atoms with Crippen molar-refractivity contribution in [1.82, 2.24) is 0 Å². The summed E-state index contributed by atoms with van der Waals surface area (Å²) in [6, 6.07) is 0.0190. The first-order valence-corrected chi connectivity index (χ1v) is 5.84. The van der Waals surface area contributed by atoms with Gasteiger partial charge in [-0.15, -0.1) is 0 Å². The standard InChI is InChI=1S/C12H21NO4/c1-2-3-6-10(13)7-4-5-9(12(16)17)8-11(14)15/h4-5,9-10H,2-3,6-8,13H2,1H3,(H,14,15)(H,16,17). The predicted molar refractivity (Wildman–Crippen MR) is 64.6 cm³/mol. The Morgan fingerprint density at radius 3 is 2.47 bits per heavy atom. The Morgan fingerprint density at radius 2 is 2.00 bits per heavy atom. The molecule has 2 atom stereocenters. The second kappa shape index (κ2) is 8.75. The monoisotopic (exact) mass is 243 g/mol. The van der Waals surface area contributed by atoms with Gasteiger partial charge < -0.3 is 15.9 Å². The number of unbranched alkanes of at least 4 members (excludes halogenated alkanes) is 1. The van der Waals surface area contributed by atoms with Gasteiger partial charge in [-0.25, -0.2) is 0 Å². The van der Waals surface area contributed by atoms with Gasteiger partial charge >= 0.3 is 11.9 Å². The summed E-state index contributed by atoms with van der Waals surface area (Å²) < 4.78 is 0. The Bertz CT molecular complexity index is 276. The zero-order valence-electron chi connectivity index (χ0n) is 10.1. The van der Waals surface area contributed by atoms with Crippen molar-refractivity contribution >= 4 is 11.9 Å². The third kappa shape index (κ3) is 8.45. The SMILES string of the molecule is CCCCC(N)CC=CC(CC(=O)O)C(=O)O. The minimum atomic E-state index is -1.12. The normalized spacial score (nSPS) is 14.7. The third-order valence-electron chi connectivity index (χ3n) is 2.45. The van der Waals surface area contributed by atoms with Crippen molar-refractivity contribution in [2.75, 3.05) is 0 Å². The summed E-state index contributed by atoms with van der Waals surface area (Å²) in [6.07, 6.45) is 6.31. The van der Waals surface area contributed by atoms with E-state index in [-0.39, 0.29) is 6.04 Å². The molecule has 17 heavy (non-hydrogen) atoms. The Kier molecular flexibility index (Phi) is 8.05. The lowest BCUT2D eigenvalue weighted by Crippen LogP contribution is -2.19. The van der Waals surface area contributed by atoms with Crippen LogP contribution in [0.5, 0.6) is 0 Å². The van der Waals surface area contributed by atoms with Crippen LogP contribution in [0.1, 0.15) is 39.0 Å². The number of rotatable bonds is 9. The maximum atomic E-state index is 10.7. The van der Waals surface area contributed by atoms with Crippen LogP contribution >= 0.6 is 0 Å². The molecule has 0 amide bonds. The fourth-order valence-electron chi connectivity index (χ4n) is 1.43. The molecule has 2 unspecified atom stereocenters. The van der Waals surface area contributed by atoms with Gasteiger partial charge in [0.05, 0.1) is 12.3 Å². The van der Waals surface area contributed by atoms with Crippen LogP contribution in [0.25, 0.3) is 0 Å². The Morgan fingerprint density at radius 1 is 1.35 bits per heavy atom. The lowest BCUT2D eigenvalue weighted by molar-refractivity contribution is -0.146. The quantitative estimate of drug-likeness (QED) is 0.534. The first kappa shape index (κ1) is 15.6. The van der Waals surface area contributed by atoms with Crippen molar-refractivity contribution in [1.29, 1.82) is 0 Å². The lowest BCUT2D eigenvalue weighted by Gasteiger charge is -2.08. The molecule has 0 bridgehead atoms. The summed E-state index contributed by atoms with van der Waals surface area (Å²) in [4.78, 5) is 21.2. The molecule has 5 nitrogen and oxygen atoms in total. The maximum absolute atomic E-state index is 10.7. The number of hydrogen-bond acceptors (Lipinski definition) is 3. The van der Waals surface area contributed by atoms with E-state index in [0.717, 1.165) is 19.3 Å². The molecule has 0 aromatic carbocycles. The van der Waals surface area contributed by atoms with Crippen LogP contribution in [0.3, 0.4) is 0 Å². The molecular weight excluding hydrogens is 222 g/mol.